The third kappa shape index (κ3) is 120. The molecule has 11 heavy (non-hydrogen) atoms. The van der Waals surface area contributed by atoms with Crippen molar-refractivity contribution < 1.29 is 21.1 Å². The molecule has 0 fully saturated rings. The van der Waals surface area contributed by atoms with E-state index in [1.807, 2.05) is 0 Å². The Hall–Kier alpha value is 0.518. The van der Waals surface area contributed by atoms with Gasteiger partial charge in [-0.15, -0.1) is 6.42 Å². The standard InChI is InChI=1S/C4H8.C3H8N.2CH3.Pt/c1-3-4-2;1-2-3-4;;;/h2*1-4H2;2*1H3;/q;3*-1;. The van der Waals surface area contributed by atoms with Gasteiger partial charge in [0.2, 0.25) is 0 Å². The molecular weight excluding hydrogens is 317 g/mol. The molecule has 2 N–H and O–H groups in total. The molecule has 0 spiro atoms. The smallest absolute Gasteiger partial charge is 0.0587 e. The Morgan fingerprint density at radius 2 is 1.27 bits per heavy atom. The van der Waals surface area contributed by atoms with E-state index in [1.54, 1.807) is 0 Å². The molecule has 2 heteroatoms. The van der Waals surface area contributed by atoms with Gasteiger partial charge >= 0.3 is 0 Å². The van der Waals surface area contributed by atoms with Crippen molar-refractivity contribution in [2.75, 3.05) is 6.54 Å². The number of rotatable bonds is 2. The van der Waals surface area contributed by atoms with Gasteiger partial charge < -0.3 is 34.4 Å². The van der Waals surface area contributed by atoms with Gasteiger partial charge in [0, 0.05) is 21.1 Å². The molecule has 0 aromatic heterocycles. The average Bonchev–Trinajstić information content (AvgIpc) is 1.88. The molecule has 0 aromatic rings. The number of unbranched alkanes of at least 4 members (excludes halogenated alkanes) is 1. The van der Waals surface area contributed by atoms with Crippen LogP contribution in [0.25, 0.3) is 0 Å². The van der Waals surface area contributed by atoms with Crippen molar-refractivity contribution in [2.24, 2.45) is 5.73 Å². The van der Waals surface area contributed by atoms with Crippen molar-refractivity contribution in [1.29, 1.82) is 0 Å². The van der Waals surface area contributed by atoms with Crippen LogP contribution in [0.3, 0.4) is 0 Å². The van der Waals surface area contributed by atoms with Crippen LogP contribution in [-0.2, 0) is 21.1 Å². The van der Waals surface area contributed by atoms with E-state index in [0.717, 1.165) is 19.3 Å². The van der Waals surface area contributed by atoms with Crippen molar-refractivity contribution in [3.8, 4) is 0 Å². The molecule has 0 unspecified atom stereocenters. The maximum Gasteiger partial charge on any atom is 0.0587 e. The van der Waals surface area contributed by atoms with Gasteiger partial charge in [-0.25, -0.2) is 0 Å². The van der Waals surface area contributed by atoms with E-state index in [2.05, 4.69) is 20.8 Å². The van der Waals surface area contributed by atoms with Crippen molar-refractivity contribution in [2.45, 2.75) is 19.3 Å². The number of hydrogen-bond donors (Lipinski definition) is 1. The molecule has 0 radical (unpaired) electrons. The SMILES string of the molecule is [CH2+]CC[CH2-].[CH2-]CCN.[CH3-].[CH3-].[Pt]. The van der Waals surface area contributed by atoms with Crippen LogP contribution in [0.4, 0.5) is 0 Å². The quantitative estimate of drug-likeness (QED) is 0.769. The van der Waals surface area contributed by atoms with Crippen LogP contribution in [0.2, 0.25) is 0 Å². The van der Waals surface area contributed by atoms with E-state index in [4.69, 9.17) is 5.73 Å². The Kier molecular flexibility index (Phi) is 127. The summed E-state index contributed by atoms with van der Waals surface area (Å²) in [5.74, 6) is 0. The van der Waals surface area contributed by atoms with Crippen LogP contribution in [0.1, 0.15) is 19.3 Å². The summed E-state index contributed by atoms with van der Waals surface area (Å²) in [4.78, 5) is 0. The molecule has 1 nitrogen and oxygen atoms in total. The molecule has 0 amide bonds. The predicted octanol–water partition coefficient (Wildman–Crippen LogP) is 2.50. The summed E-state index contributed by atoms with van der Waals surface area (Å²) in [7, 11) is 0. The average molecular weight is 339 g/mol. The van der Waals surface area contributed by atoms with E-state index in [1.165, 1.54) is 0 Å². The summed E-state index contributed by atoms with van der Waals surface area (Å²) >= 11 is 0. The van der Waals surface area contributed by atoms with Crippen LogP contribution in [0.5, 0.6) is 0 Å². The zero-order valence-corrected chi connectivity index (χ0v) is 10.1. The summed E-state index contributed by atoms with van der Waals surface area (Å²) in [5.41, 5.74) is 4.97. The summed E-state index contributed by atoms with van der Waals surface area (Å²) in [6.45, 7) is 11.3. The van der Waals surface area contributed by atoms with Crippen molar-refractivity contribution in [3.63, 3.8) is 0 Å². The Morgan fingerprint density at radius 3 is 1.27 bits per heavy atom. The van der Waals surface area contributed by atoms with Crippen molar-refractivity contribution >= 4 is 0 Å². The maximum absolute atomic E-state index is 4.97. The zero-order valence-electron chi connectivity index (χ0n) is 7.84. The van der Waals surface area contributed by atoms with Crippen LogP contribution in [0, 0.1) is 35.6 Å². The third-order valence-electron chi connectivity index (χ3n) is 0.454. The summed E-state index contributed by atoms with van der Waals surface area (Å²) in [6, 6.07) is 0. The molecular formula is C9H22NPt-3. The van der Waals surface area contributed by atoms with Gasteiger partial charge in [0.05, 0.1) is 13.3 Å². The van der Waals surface area contributed by atoms with Gasteiger partial charge in [0.1, 0.15) is 0 Å². The molecule has 0 aromatic carbocycles. The minimum Gasteiger partial charge on any atom is -0.358 e. The second-order valence-electron chi connectivity index (χ2n) is 1.35. The zero-order chi connectivity index (χ0) is 6.83. The van der Waals surface area contributed by atoms with Crippen LogP contribution in [-0.4, -0.2) is 6.54 Å². The Balaban J connectivity index is -0.0000000171. The Bertz CT molecular complexity index is 17.5. The summed E-state index contributed by atoms with van der Waals surface area (Å²) in [5, 5.41) is 0. The molecule has 0 aliphatic heterocycles. The van der Waals surface area contributed by atoms with Gasteiger partial charge in [-0.3, -0.25) is 0 Å². The Morgan fingerprint density at radius 1 is 1.09 bits per heavy atom. The van der Waals surface area contributed by atoms with E-state index < -0.39 is 0 Å². The van der Waals surface area contributed by atoms with E-state index in [9.17, 15) is 0 Å². The molecule has 0 heterocycles. The minimum atomic E-state index is 0. The van der Waals surface area contributed by atoms with Gasteiger partial charge in [-0.2, -0.15) is 6.42 Å². The molecule has 0 rings (SSSR count). The fraction of sp³-hybridized carbons (Fsp3) is 0.444. The fourth-order valence-electron chi connectivity index (χ4n) is 0. The normalized spacial score (nSPS) is 5.36. The molecule has 0 saturated carbocycles. The Labute approximate surface area is 88.4 Å². The van der Waals surface area contributed by atoms with Gasteiger partial charge in [0.25, 0.3) is 0 Å². The van der Waals surface area contributed by atoms with Gasteiger partial charge in [0.15, 0.2) is 0 Å². The first-order chi connectivity index (χ1) is 3.83. The van der Waals surface area contributed by atoms with Crippen LogP contribution >= 0.6 is 0 Å². The number of hydrogen-bond acceptors (Lipinski definition) is 1. The van der Waals surface area contributed by atoms with Crippen molar-refractivity contribution in [1.82, 2.24) is 0 Å². The second-order valence-corrected chi connectivity index (χ2v) is 1.35. The van der Waals surface area contributed by atoms with E-state index in [-0.39, 0.29) is 35.9 Å². The minimum absolute atomic E-state index is 0. The molecule has 0 bridgehead atoms. The van der Waals surface area contributed by atoms with Gasteiger partial charge in [-0.05, 0) is 6.54 Å². The monoisotopic (exact) mass is 339 g/mol. The van der Waals surface area contributed by atoms with Crippen LogP contribution < -0.4 is 5.73 Å². The molecule has 0 atom stereocenters. The van der Waals surface area contributed by atoms with E-state index in [0.29, 0.717) is 6.54 Å². The molecule has 0 saturated heterocycles. The first kappa shape index (κ1) is 30.0. The number of nitrogens with two attached hydrogens (primary N) is 1. The van der Waals surface area contributed by atoms with Crippen molar-refractivity contribution in [3.05, 3.63) is 35.6 Å². The third-order valence-corrected chi connectivity index (χ3v) is 0.454. The first-order valence-corrected chi connectivity index (χ1v) is 2.91. The second kappa shape index (κ2) is 46.7. The first-order valence-electron chi connectivity index (χ1n) is 2.91. The fourth-order valence-corrected chi connectivity index (χ4v) is 0. The molecule has 0 aliphatic rings. The van der Waals surface area contributed by atoms with E-state index >= 15 is 0 Å². The molecule has 76 valence electrons. The van der Waals surface area contributed by atoms with Crippen LogP contribution in [0.15, 0.2) is 0 Å². The maximum atomic E-state index is 4.97. The van der Waals surface area contributed by atoms with Gasteiger partial charge in [-0.1, -0.05) is 0 Å². The summed E-state index contributed by atoms with van der Waals surface area (Å²) in [6.07, 6.45) is 2.76. The molecule has 0 aliphatic carbocycles. The topological polar surface area (TPSA) is 26.0 Å². The predicted molar refractivity (Wildman–Crippen MR) is 51.8 cm³/mol. The summed E-state index contributed by atoms with van der Waals surface area (Å²) < 4.78 is 0. The largest absolute Gasteiger partial charge is 0.358 e.